The van der Waals surface area contributed by atoms with Crippen LogP contribution in [0, 0.1) is 5.92 Å². The number of amides is 1. The van der Waals surface area contributed by atoms with Crippen LogP contribution in [0.4, 0.5) is 0 Å². The van der Waals surface area contributed by atoms with E-state index in [1.165, 1.54) is 17.5 Å². The van der Waals surface area contributed by atoms with Crippen molar-refractivity contribution >= 4 is 27.5 Å². The molecule has 23 heavy (non-hydrogen) atoms. The lowest BCUT2D eigenvalue weighted by Crippen LogP contribution is -2.44. The Kier molecular flexibility index (Phi) is 4.29. The monoisotopic (exact) mass is 330 g/mol. The van der Waals surface area contributed by atoms with Crippen LogP contribution in [0.1, 0.15) is 37.1 Å². The first-order chi connectivity index (χ1) is 11.3. The molecule has 1 amide bonds. The summed E-state index contributed by atoms with van der Waals surface area (Å²) < 4.78 is 1.22. The number of thiazole rings is 1. The van der Waals surface area contributed by atoms with E-state index in [9.17, 15) is 4.79 Å². The number of hydrazine groups is 1. The van der Waals surface area contributed by atoms with E-state index in [-0.39, 0.29) is 12.1 Å². The molecule has 122 valence electrons. The number of carbonyl (C=O) groups excluding carboxylic acids is 1. The largest absolute Gasteiger partial charge is 0.340 e. The predicted molar refractivity (Wildman–Crippen MR) is 91.9 cm³/mol. The summed E-state index contributed by atoms with van der Waals surface area (Å²) in [6.07, 6.45) is 5.99. The standard InChI is InChI=1S/C17H22N4OS/c22-16(19-15-10-13(20-21-15)11-8-9-11)6-3-7-17-18-12-4-1-2-5-14(12)23-17/h1-2,4-5,11,13,15,20-21H,3,6-10H2,(H,19,22). The number of aryl methyl sites for hydroxylation is 1. The fraction of sp³-hybridized carbons (Fsp3) is 0.529. The van der Waals surface area contributed by atoms with E-state index in [1.807, 2.05) is 18.2 Å². The first kappa shape index (κ1) is 15.1. The Labute approximate surface area is 139 Å². The Morgan fingerprint density at radius 2 is 2.17 bits per heavy atom. The molecule has 2 unspecified atom stereocenters. The average Bonchev–Trinajstić information content (AvgIpc) is 3.15. The van der Waals surface area contributed by atoms with Crippen molar-refractivity contribution in [3.05, 3.63) is 29.3 Å². The number of para-hydroxylation sites is 1. The van der Waals surface area contributed by atoms with Crippen molar-refractivity contribution < 1.29 is 4.79 Å². The van der Waals surface area contributed by atoms with Crippen LogP contribution in [0.5, 0.6) is 0 Å². The lowest BCUT2D eigenvalue weighted by atomic mass is 10.1. The first-order valence-corrected chi connectivity index (χ1v) is 9.24. The van der Waals surface area contributed by atoms with Gasteiger partial charge in [0.1, 0.15) is 0 Å². The van der Waals surface area contributed by atoms with Crippen LogP contribution >= 0.6 is 11.3 Å². The molecule has 6 heteroatoms. The van der Waals surface area contributed by atoms with Gasteiger partial charge >= 0.3 is 0 Å². The summed E-state index contributed by atoms with van der Waals surface area (Å²) in [7, 11) is 0. The van der Waals surface area contributed by atoms with Crippen LogP contribution in [0.3, 0.4) is 0 Å². The second-order valence-corrected chi connectivity index (χ2v) is 7.63. The van der Waals surface area contributed by atoms with Gasteiger partial charge < -0.3 is 5.32 Å². The molecule has 3 N–H and O–H groups in total. The van der Waals surface area contributed by atoms with Gasteiger partial charge in [-0.15, -0.1) is 11.3 Å². The molecule has 0 radical (unpaired) electrons. The highest BCUT2D eigenvalue weighted by Crippen LogP contribution is 2.35. The van der Waals surface area contributed by atoms with Crippen molar-refractivity contribution in [2.24, 2.45) is 5.92 Å². The van der Waals surface area contributed by atoms with Crippen molar-refractivity contribution in [1.29, 1.82) is 0 Å². The van der Waals surface area contributed by atoms with Gasteiger partial charge in [-0.3, -0.25) is 10.2 Å². The Hall–Kier alpha value is -1.50. The summed E-state index contributed by atoms with van der Waals surface area (Å²) in [5.41, 5.74) is 7.55. The average molecular weight is 330 g/mol. The molecule has 2 atom stereocenters. The fourth-order valence-electron chi connectivity index (χ4n) is 3.18. The summed E-state index contributed by atoms with van der Waals surface area (Å²) in [4.78, 5) is 16.7. The van der Waals surface area contributed by atoms with Crippen molar-refractivity contribution in [3.63, 3.8) is 0 Å². The Balaban J connectivity index is 1.20. The van der Waals surface area contributed by atoms with Gasteiger partial charge in [0.05, 0.1) is 21.4 Å². The summed E-state index contributed by atoms with van der Waals surface area (Å²) >= 11 is 1.73. The van der Waals surface area contributed by atoms with E-state index in [1.54, 1.807) is 11.3 Å². The maximum Gasteiger partial charge on any atom is 0.221 e. The van der Waals surface area contributed by atoms with Gasteiger partial charge in [0.2, 0.25) is 5.91 Å². The summed E-state index contributed by atoms with van der Waals surface area (Å²) in [6, 6.07) is 8.71. The van der Waals surface area contributed by atoms with E-state index in [2.05, 4.69) is 27.2 Å². The third kappa shape index (κ3) is 3.71. The van der Waals surface area contributed by atoms with E-state index in [4.69, 9.17) is 0 Å². The Bertz CT molecular complexity index is 664. The van der Waals surface area contributed by atoms with Gasteiger partial charge in [0, 0.05) is 12.5 Å². The SMILES string of the molecule is O=C(CCCc1nc2ccccc2s1)NC1CC(C2CC2)NN1. The fourth-order valence-corrected chi connectivity index (χ4v) is 4.19. The highest BCUT2D eigenvalue weighted by atomic mass is 32.1. The van der Waals surface area contributed by atoms with Crippen LogP contribution in [-0.4, -0.2) is 23.1 Å². The molecule has 2 aliphatic rings. The van der Waals surface area contributed by atoms with Crippen LogP contribution in [0.15, 0.2) is 24.3 Å². The number of aromatic nitrogens is 1. The maximum absolute atomic E-state index is 12.1. The smallest absolute Gasteiger partial charge is 0.221 e. The lowest BCUT2D eigenvalue weighted by Gasteiger charge is -2.11. The third-order valence-electron chi connectivity index (χ3n) is 4.59. The number of nitrogens with zero attached hydrogens (tertiary/aromatic N) is 1. The van der Waals surface area contributed by atoms with Gasteiger partial charge in [-0.1, -0.05) is 12.1 Å². The molecule has 2 fully saturated rings. The quantitative estimate of drug-likeness (QED) is 0.760. The Morgan fingerprint density at radius 3 is 3.00 bits per heavy atom. The van der Waals surface area contributed by atoms with Crippen LogP contribution in [0.25, 0.3) is 10.2 Å². The molecule has 0 bridgehead atoms. The highest BCUT2D eigenvalue weighted by molar-refractivity contribution is 7.18. The van der Waals surface area contributed by atoms with Crippen LogP contribution in [-0.2, 0) is 11.2 Å². The number of rotatable bonds is 6. The lowest BCUT2D eigenvalue weighted by molar-refractivity contribution is -0.122. The maximum atomic E-state index is 12.1. The molecule has 1 aromatic carbocycles. The van der Waals surface area contributed by atoms with Crippen molar-refractivity contribution in [1.82, 2.24) is 21.2 Å². The van der Waals surface area contributed by atoms with Crippen molar-refractivity contribution in [2.45, 2.75) is 50.7 Å². The van der Waals surface area contributed by atoms with E-state index < -0.39 is 0 Å². The molecule has 1 saturated heterocycles. The molecule has 1 aromatic heterocycles. The van der Waals surface area contributed by atoms with Crippen molar-refractivity contribution in [2.75, 3.05) is 0 Å². The molecule has 1 aliphatic heterocycles. The minimum absolute atomic E-state index is 0.0792. The van der Waals surface area contributed by atoms with E-state index in [0.717, 1.165) is 35.7 Å². The molecule has 2 heterocycles. The molecular formula is C17H22N4OS. The van der Waals surface area contributed by atoms with Gasteiger partial charge in [-0.25, -0.2) is 10.4 Å². The number of hydrogen-bond donors (Lipinski definition) is 3. The molecular weight excluding hydrogens is 308 g/mol. The molecule has 1 aliphatic carbocycles. The number of hydrogen-bond acceptors (Lipinski definition) is 5. The number of nitrogens with one attached hydrogen (secondary N) is 3. The molecule has 5 nitrogen and oxygen atoms in total. The first-order valence-electron chi connectivity index (χ1n) is 8.43. The minimum atomic E-state index is 0.0792. The summed E-state index contributed by atoms with van der Waals surface area (Å²) in [6.45, 7) is 0. The molecule has 4 rings (SSSR count). The summed E-state index contributed by atoms with van der Waals surface area (Å²) in [5, 5.41) is 4.19. The van der Waals surface area contributed by atoms with E-state index >= 15 is 0 Å². The van der Waals surface area contributed by atoms with Gasteiger partial charge in [-0.2, -0.15) is 0 Å². The zero-order valence-corrected chi connectivity index (χ0v) is 13.9. The second-order valence-electron chi connectivity index (χ2n) is 6.52. The normalized spacial score (nSPS) is 24.2. The second kappa shape index (κ2) is 6.55. The number of fused-ring (bicyclic) bond motifs is 1. The van der Waals surface area contributed by atoms with Gasteiger partial charge in [-0.05, 0) is 50.2 Å². The topological polar surface area (TPSA) is 66.0 Å². The van der Waals surface area contributed by atoms with E-state index in [0.29, 0.717) is 12.5 Å². The van der Waals surface area contributed by atoms with Gasteiger partial charge in [0.25, 0.3) is 0 Å². The zero-order chi connectivity index (χ0) is 15.6. The molecule has 0 spiro atoms. The highest BCUT2D eigenvalue weighted by Gasteiger charge is 2.36. The van der Waals surface area contributed by atoms with Crippen LogP contribution in [0.2, 0.25) is 0 Å². The summed E-state index contributed by atoms with van der Waals surface area (Å²) in [5.74, 6) is 0.935. The molecule has 1 saturated carbocycles. The number of benzene rings is 1. The Morgan fingerprint density at radius 1 is 1.30 bits per heavy atom. The van der Waals surface area contributed by atoms with Gasteiger partial charge in [0.15, 0.2) is 0 Å². The minimum Gasteiger partial charge on any atom is -0.340 e. The third-order valence-corrected chi connectivity index (χ3v) is 5.69. The zero-order valence-electron chi connectivity index (χ0n) is 13.0. The van der Waals surface area contributed by atoms with Crippen molar-refractivity contribution in [3.8, 4) is 0 Å². The van der Waals surface area contributed by atoms with Crippen LogP contribution < -0.4 is 16.2 Å². The predicted octanol–water partition coefficient (Wildman–Crippen LogP) is 2.34. The molecule has 2 aromatic rings. The number of carbonyl (C=O) groups is 1.